The van der Waals surface area contributed by atoms with Crippen molar-refractivity contribution < 1.29 is 14.3 Å². The zero-order valence-electron chi connectivity index (χ0n) is 16.4. The Morgan fingerprint density at radius 2 is 2.04 bits per heavy atom. The van der Waals surface area contributed by atoms with E-state index in [0.29, 0.717) is 18.4 Å². The molecule has 0 bridgehead atoms. The van der Waals surface area contributed by atoms with Gasteiger partial charge >= 0.3 is 0 Å². The molecule has 1 aliphatic rings. The number of amides is 1. The van der Waals surface area contributed by atoms with Crippen LogP contribution in [-0.2, 0) is 14.3 Å². The van der Waals surface area contributed by atoms with Crippen molar-refractivity contribution in [2.45, 2.75) is 33.3 Å². The molecule has 0 aliphatic carbocycles. The second kappa shape index (κ2) is 11.9. The Balaban J connectivity index is 0.00000576. The van der Waals surface area contributed by atoms with Gasteiger partial charge in [0.25, 0.3) is 0 Å². The molecule has 2 unspecified atom stereocenters. The fraction of sp³-hybridized carbons (Fsp3) is 0.882. The molecule has 0 spiro atoms. The fourth-order valence-electron chi connectivity index (χ4n) is 2.38. The highest BCUT2D eigenvalue weighted by Crippen LogP contribution is 2.20. The van der Waals surface area contributed by atoms with E-state index < -0.39 is 0 Å². The highest BCUT2D eigenvalue weighted by Gasteiger charge is 2.24. The smallest absolute Gasteiger partial charge is 0.243 e. The summed E-state index contributed by atoms with van der Waals surface area (Å²) in [6.45, 7) is 9.55. The molecule has 1 aliphatic heterocycles. The molecule has 2 N–H and O–H groups in total. The second-order valence-electron chi connectivity index (χ2n) is 7.53. The van der Waals surface area contributed by atoms with Crippen LogP contribution >= 0.6 is 24.0 Å². The topological polar surface area (TPSA) is 75.2 Å². The van der Waals surface area contributed by atoms with E-state index in [2.05, 4.69) is 36.4 Å². The number of hydrogen-bond acceptors (Lipinski definition) is 4. The Kier molecular flexibility index (Phi) is 11.6. The molecule has 1 fully saturated rings. The van der Waals surface area contributed by atoms with Gasteiger partial charge in [0.15, 0.2) is 5.96 Å². The maximum absolute atomic E-state index is 11.8. The number of carbonyl (C=O) groups is 1. The normalized spacial score (nSPS) is 19.1. The number of guanidine groups is 1. The molecule has 0 aromatic heterocycles. The number of likely N-dealkylation sites (N-methyl/N-ethyl adjacent to an activating group) is 1. The molecule has 0 aromatic carbocycles. The zero-order valence-corrected chi connectivity index (χ0v) is 18.8. The lowest BCUT2D eigenvalue weighted by atomic mass is 9.89. The van der Waals surface area contributed by atoms with Gasteiger partial charge in [-0.2, -0.15) is 0 Å². The first-order valence-corrected chi connectivity index (χ1v) is 8.57. The third-order valence-corrected chi connectivity index (χ3v) is 4.16. The van der Waals surface area contributed by atoms with E-state index in [9.17, 15) is 4.79 Å². The van der Waals surface area contributed by atoms with E-state index in [0.717, 1.165) is 26.2 Å². The Hall–Kier alpha value is -0.610. The van der Waals surface area contributed by atoms with Crippen LogP contribution in [0.4, 0.5) is 0 Å². The molecule has 7 nitrogen and oxygen atoms in total. The van der Waals surface area contributed by atoms with Crippen LogP contribution in [0.1, 0.15) is 27.2 Å². The first kappa shape index (κ1) is 24.4. The molecule has 0 saturated carbocycles. The van der Waals surface area contributed by atoms with Gasteiger partial charge in [-0.3, -0.25) is 4.79 Å². The highest BCUT2D eigenvalue weighted by molar-refractivity contribution is 14.0. The minimum Gasteiger partial charge on any atom is -0.381 e. The summed E-state index contributed by atoms with van der Waals surface area (Å²) < 4.78 is 11.0. The number of rotatable bonds is 7. The minimum absolute atomic E-state index is 0. The standard InChI is InChI=1S/C17H34N4O3.HI/c1-17(2,3)14(23-6)10-19-16(20-11-15(22)21(4)5)18-9-13-7-8-24-12-13;/h13-14H,7-12H2,1-6H3,(H2,18,19,20);1H. The molecular weight excluding hydrogens is 435 g/mol. The van der Waals surface area contributed by atoms with Crippen molar-refractivity contribution in [2.24, 2.45) is 16.3 Å². The van der Waals surface area contributed by atoms with Crippen molar-refractivity contribution in [1.29, 1.82) is 0 Å². The molecule has 1 amide bonds. The maximum Gasteiger partial charge on any atom is 0.243 e. The van der Waals surface area contributed by atoms with Gasteiger partial charge in [-0.1, -0.05) is 20.8 Å². The van der Waals surface area contributed by atoms with Crippen LogP contribution in [0.15, 0.2) is 4.99 Å². The Labute approximate surface area is 169 Å². The van der Waals surface area contributed by atoms with Crippen LogP contribution in [0, 0.1) is 11.3 Å². The summed E-state index contributed by atoms with van der Waals surface area (Å²) in [7, 11) is 5.18. The molecular formula is C17H35IN4O3. The van der Waals surface area contributed by atoms with Crippen molar-refractivity contribution in [3.63, 3.8) is 0 Å². The average Bonchev–Trinajstić information content (AvgIpc) is 3.01. The van der Waals surface area contributed by atoms with Crippen molar-refractivity contribution in [2.75, 3.05) is 54.1 Å². The molecule has 8 heteroatoms. The van der Waals surface area contributed by atoms with Gasteiger partial charge < -0.3 is 25.0 Å². The molecule has 25 heavy (non-hydrogen) atoms. The predicted molar refractivity (Wildman–Crippen MR) is 112 cm³/mol. The van der Waals surface area contributed by atoms with E-state index in [4.69, 9.17) is 9.47 Å². The van der Waals surface area contributed by atoms with Gasteiger partial charge in [-0.05, 0) is 11.8 Å². The van der Waals surface area contributed by atoms with Crippen LogP contribution in [-0.4, -0.2) is 76.9 Å². The molecule has 1 saturated heterocycles. The minimum atomic E-state index is -0.0283. The second-order valence-corrected chi connectivity index (χ2v) is 7.53. The van der Waals surface area contributed by atoms with Gasteiger partial charge in [0.05, 0.1) is 12.7 Å². The third kappa shape index (κ3) is 9.60. The summed E-state index contributed by atoms with van der Waals surface area (Å²) in [5.74, 6) is 1.10. The molecule has 1 heterocycles. The molecule has 0 aromatic rings. The summed E-state index contributed by atoms with van der Waals surface area (Å²) >= 11 is 0. The van der Waals surface area contributed by atoms with E-state index in [1.807, 2.05) is 0 Å². The molecule has 1 rings (SSSR count). The zero-order chi connectivity index (χ0) is 18.2. The predicted octanol–water partition coefficient (Wildman–Crippen LogP) is 1.33. The number of halogens is 1. The molecule has 2 atom stereocenters. The lowest BCUT2D eigenvalue weighted by molar-refractivity contribution is -0.127. The quantitative estimate of drug-likeness (QED) is 0.334. The Morgan fingerprint density at radius 1 is 1.36 bits per heavy atom. The monoisotopic (exact) mass is 470 g/mol. The van der Waals surface area contributed by atoms with Crippen molar-refractivity contribution in [3.8, 4) is 0 Å². The summed E-state index contributed by atoms with van der Waals surface area (Å²) in [4.78, 5) is 17.7. The number of aliphatic imine (C=N–C) groups is 1. The van der Waals surface area contributed by atoms with Gasteiger partial charge in [0.2, 0.25) is 5.91 Å². The van der Waals surface area contributed by atoms with Crippen LogP contribution < -0.4 is 10.6 Å². The largest absolute Gasteiger partial charge is 0.381 e. The van der Waals surface area contributed by atoms with E-state index in [1.165, 1.54) is 0 Å². The molecule has 148 valence electrons. The third-order valence-electron chi connectivity index (χ3n) is 4.16. The van der Waals surface area contributed by atoms with E-state index >= 15 is 0 Å². The summed E-state index contributed by atoms with van der Waals surface area (Å²) in [6, 6.07) is 0. The number of nitrogens with zero attached hydrogens (tertiary/aromatic N) is 2. The lowest BCUT2D eigenvalue weighted by Gasteiger charge is -2.30. The van der Waals surface area contributed by atoms with Crippen molar-refractivity contribution >= 4 is 35.8 Å². The average molecular weight is 470 g/mol. The van der Waals surface area contributed by atoms with Crippen LogP contribution in [0.5, 0.6) is 0 Å². The van der Waals surface area contributed by atoms with Gasteiger partial charge in [-0.15, -0.1) is 24.0 Å². The first-order chi connectivity index (χ1) is 11.2. The Bertz CT molecular complexity index is 419. The van der Waals surface area contributed by atoms with E-state index in [1.54, 1.807) is 26.1 Å². The number of ether oxygens (including phenoxy) is 2. The van der Waals surface area contributed by atoms with E-state index in [-0.39, 0.29) is 47.9 Å². The first-order valence-electron chi connectivity index (χ1n) is 8.57. The number of methoxy groups -OCH3 is 1. The summed E-state index contributed by atoms with van der Waals surface area (Å²) in [5, 5.41) is 6.62. The summed E-state index contributed by atoms with van der Waals surface area (Å²) in [6.07, 6.45) is 1.10. The van der Waals surface area contributed by atoms with Crippen molar-refractivity contribution in [3.05, 3.63) is 0 Å². The highest BCUT2D eigenvalue weighted by atomic mass is 127. The number of hydrogen-bond donors (Lipinski definition) is 2. The Morgan fingerprint density at radius 3 is 2.52 bits per heavy atom. The van der Waals surface area contributed by atoms with Gasteiger partial charge in [-0.25, -0.2) is 4.99 Å². The number of nitrogens with one attached hydrogen (secondary N) is 2. The fourth-order valence-corrected chi connectivity index (χ4v) is 2.38. The van der Waals surface area contributed by atoms with Crippen molar-refractivity contribution in [1.82, 2.24) is 15.5 Å². The maximum atomic E-state index is 11.8. The van der Waals surface area contributed by atoms with Crippen LogP contribution in [0.3, 0.4) is 0 Å². The van der Waals surface area contributed by atoms with Crippen LogP contribution in [0.2, 0.25) is 0 Å². The lowest BCUT2D eigenvalue weighted by Crippen LogP contribution is -2.46. The van der Waals surface area contributed by atoms with Crippen LogP contribution in [0.25, 0.3) is 0 Å². The van der Waals surface area contributed by atoms with Gasteiger partial charge in [0.1, 0.15) is 6.54 Å². The number of carbonyl (C=O) groups excluding carboxylic acids is 1. The molecule has 0 radical (unpaired) electrons. The van der Waals surface area contributed by atoms with Gasteiger partial charge in [0, 0.05) is 46.8 Å². The SMILES string of the molecule is COC(CNC(=NCC(=O)N(C)C)NCC1CCOC1)C(C)(C)C.I. The summed E-state index contributed by atoms with van der Waals surface area (Å²) in [5.41, 5.74) is 0.0195.